The summed E-state index contributed by atoms with van der Waals surface area (Å²) in [6, 6.07) is 60.4. The summed E-state index contributed by atoms with van der Waals surface area (Å²) < 4.78 is 13.2. The minimum atomic E-state index is 0.567. The van der Waals surface area contributed by atoms with Gasteiger partial charge in [0.1, 0.15) is 22.3 Å². The summed E-state index contributed by atoms with van der Waals surface area (Å²) in [6.45, 7) is 0. The topological polar surface area (TPSA) is 77.8 Å². The maximum absolute atomic E-state index is 6.87. The third-order valence-corrected chi connectivity index (χ3v) is 11.2. The molecule has 4 aromatic heterocycles. The number of fused-ring (bicyclic) bond motifs is 8. The lowest BCUT2D eigenvalue weighted by molar-refractivity contribution is 0.669. The maximum atomic E-state index is 6.87. The first-order valence-corrected chi connectivity index (χ1v) is 19.3. The predicted molar refractivity (Wildman–Crippen MR) is 234 cm³/mol. The number of para-hydroxylation sites is 1. The van der Waals surface area contributed by atoms with Crippen molar-refractivity contribution in [2.24, 2.45) is 0 Å². The van der Waals surface area contributed by atoms with Gasteiger partial charge in [0.25, 0.3) is 0 Å². The van der Waals surface area contributed by atoms with Crippen LogP contribution in [-0.4, -0.2) is 19.9 Å². The van der Waals surface area contributed by atoms with Crippen molar-refractivity contribution < 1.29 is 8.83 Å². The number of furan rings is 2. The van der Waals surface area contributed by atoms with Gasteiger partial charge in [0.2, 0.25) is 0 Å². The first-order valence-electron chi connectivity index (χ1n) is 19.3. The van der Waals surface area contributed by atoms with Crippen molar-refractivity contribution in [2.75, 3.05) is 0 Å². The fourth-order valence-corrected chi connectivity index (χ4v) is 8.46. The lowest BCUT2D eigenvalue weighted by Crippen LogP contribution is -2.01. The lowest BCUT2D eigenvalue weighted by atomic mass is 9.90. The molecule has 12 rings (SSSR count). The van der Waals surface area contributed by atoms with Crippen LogP contribution in [-0.2, 0) is 0 Å². The molecule has 0 aliphatic carbocycles. The molecule has 0 aliphatic rings. The molecule has 0 saturated heterocycles. The molecule has 6 heteroatoms. The Bertz CT molecular complexity index is 3570. The van der Waals surface area contributed by atoms with E-state index in [9.17, 15) is 0 Å². The summed E-state index contributed by atoms with van der Waals surface area (Å²) >= 11 is 0. The molecule has 8 aromatic carbocycles. The van der Waals surface area contributed by atoms with Crippen LogP contribution >= 0.6 is 0 Å². The highest BCUT2D eigenvalue weighted by Crippen LogP contribution is 2.46. The second-order valence-electron chi connectivity index (χ2n) is 14.6. The van der Waals surface area contributed by atoms with Gasteiger partial charge in [-0.2, -0.15) is 0 Å². The molecule has 4 heterocycles. The Hall–Kier alpha value is -7.96. The van der Waals surface area contributed by atoms with E-state index in [1.54, 1.807) is 0 Å². The molecule has 0 saturated carbocycles. The molecule has 12 aromatic rings. The third kappa shape index (κ3) is 5.12. The van der Waals surface area contributed by atoms with Crippen LogP contribution in [0.4, 0.5) is 0 Å². The van der Waals surface area contributed by atoms with Crippen LogP contribution in [0.15, 0.2) is 191 Å². The summed E-state index contributed by atoms with van der Waals surface area (Å²) in [6.07, 6.45) is 1.82. The summed E-state index contributed by atoms with van der Waals surface area (Å²) in [7, 11) is 0. The van der Waals surface area contributed by atoms with Crippen molar-refractivity contribution in [3.8, 4) is 56.4 Å². The standard InChI is InChI=1S/C52H30N4O2/c1-3-13-31(14-4-1)36-24-25-37(48-42-29-35-19-12-26-53-43(35)30-46(42)58-49(36)48)40-27-33-17-7-8-18-34(33)28-41(40)52-55-50(32-15-5-2-6-16-32)54-51(56-52)39-21-11-23-45-47(39)38-20-9-10-22-44(38)57-45/h1-30H. The van der Waals surface area contributed by atoms with Gasteiger partial charge in [-0.05, 0) is 69.9 Å². The van der Waals surface area contributed by atoms with Crippen molar-refractivity contribution in [1.29, 1.82) is 0 Å². The fourth-order valence-electron chi connectivity index (χ4n) is 8.46. The minimum absolute atomic E-state index is 0.567. The van der Waals surface area contributed by atoms with E-state index in [-0.39, 0.29) is 0 Å². The highest BCUT2D eigenvalue weighted by molar-refractivity contribution is 6.20. The molecule has 58 heavy (non-hydrogen) atoms. The molecule has 0 radical (unpaired) electrons. The van der Waals surface area contributed by atoms with Gasteiger partial charge in [0.05, 0.1) is 5.52 Å². The van der Waals surface area contributed by atoms with Gasteiger partial charge in [0.15, 0.2) is 17.5 Å². The Morgan fingerprint density at radius 2 is 1.00 bits per heavy atom. The average molecular weight is 743 g/mol. The molecule has 0 amide bonds. The molecule has 270 valence electrons. The Kier molecular flexibility index (Phi) is 7.13. The van der Waals surface area contributed by atoms with Crippen molar-refractivity contribution in [1.82, 2.24) is 19.9 Å². The monoisotopic (exact) mass is 742 g/mol. The minimum Gasteiger partial charge on any atom is -0.456 e. The quantitative estimate of drug-likeness (QED) is 0.175. The normalized spacial score (nSPS) is 11.8. The van der Waals surface area contributed by atoms with Crippen LogP contribution in [0.1, 0.15) is 0 Å². The largest absolute Gasteiger partial charge is 0.456 e. The molecule has 0 spiro atoms. The smallest absolute Gasteiger partial charge is 0.164 e. The zero-order valence-electron chi connectivity index (χ0n) is 30.9. The number of nitrogens with zero attached hydrogens (tertiary/aromatic N) is 4. The van der Waals surface area contributed by atoms with E-state index in [1.165, 1.54) is 0 Å². The first-order chi connectivity index (χ1) is 28.7. The van der Waals surface area contributed by atoms with E-state index in [0.717, 1.165) is 104 Å². The van der Waals surface area contributed by atoms with E-state index in [0.29, 0.717) is 17.5 Å². The third-order valence-electron chi connectivity index (χ3n) is 11.2. The molecule has 0 unspecified atom stereocenters. The van der Waals surface area contributed by atoms with Gasteiger partial charge in [-0.25, -0.2) is 15.0 Å². The maximum Gasteiger partial charge on any atom is 0.164 e. The highest BCUT2D eigenvalue weighted by atomic mass is 16.3. The summed E-state index contributed by atoms with van der Waals surface area (Å²) in [5.41, 5.74) is 10.8. The van der Waals surface area contributed by atoms with Crippen LogP contribution in [0.5, 0.6) is 0 Å². The second-order valence-corrected chi connectivity index (χ2v) is 14.6. The predicted octanol–water partition coefficient (Wildman–Crippen LogP) is 13.7. The number of benzene rings is 8. The molecule has 0 fully saturated rings. The van der Waals surface area contributed by atoms with Gasteiger partial charge in [-0.1, -0.05) is 127 Å². The Morgan fingerprint density at radius 1 is 0.345 bits per heavy atom. The van der Waals surface area contributed by atoms with Crippen molar-refractivity contribution in [3.63, 3.8) is 0 Å². The van der Waals surface area contributed by atoms with Crippen molar-refractivity contribution >= 4 is 65.6 Å². The van der Waals surface area contributed by atoms with Crippen molar-refractivity contribution in [2.45, 2.75) is 0 Å². The Balaban J connectivity index is 1.18. The van der Waals surface area contributed by atoms with E-state index < -0.39 is 0 Å². The van der Waals surface area contributed by atoms with Crippen LogP contribution in [0, 0.1) is 0 Å². The fraction of sp³-hybridized carbons (Fsp3) is 0. The number of aromatic nitrogens is 4. The number of rotatable bonds is 5. The molecule has 6 nitrogen and oxygen atoms in total. The van der Waals surface area contributed by atoms with Gasteiger partial charge in [0, 0.05) is 61.4 Å². The second kappa shape index (κ2) is 12.8. The first kappa shape index (κ1) is 32.3. The van der Waals surface area contributed by atoms with E-state index in [1.807, 2.05) is 79.0 Å². The average Bonchev–Trinajstić information content (AvgIpc) is 3.86. The Morgan fingerprint density at radius 3 is 1.83 bits per heavy atom. The number of hydrogen-bond acceptors (Lipinski definition) is 6. The number of pyridine rings is 1. The lowest BCUT2D eigenvalue weighted by Gasteiger charge is -2.15. The molecule has 0 bridgehead atoms. The van der Waals surface area contributed by atoms with E-state index in [2.05, 4.69) is 108 Å². The SMILES string of the molecule is c1ccc(-c2nc(-c3cc4ccccc4cc3-c3ccc(-c4ccccc4)c4oc5cc6ncccc6cc5c34)nc(-c3cccc4oc5ccccc5c34)n2)cc1. The van der Waals surface area contributed by atoms with Gasteiger partial charge in [-0.15, -0.1) is 0 Å². The molecular weight excluding hydrogens is 713 g/mol. The molecule has 0 atom stereocenters. The summed E-state index contributed by atoms with van der Waals surface area (Å²) in [5.74, 6) is 1.72. The van der Waals surface area contributed by atoms with Gasteiger partial charge < -0.3 is 8.83 Å². The van der Waals surface area contributed by atoms with Crippen LogP contribution in [0.25, 0.3) is 122 Å². The van der Waals surface area contributed by atoms with Crippen LogP contribution in [0.3, 0.4) is 0 Å². The zero-order chi connectivity index (χ0) is 38.2. The van der Waals surface area contributed by atoms with Gasteiger partial charge in [-0.3, -0.25) is 4.98 Å². The summed E-state index contributed by atoms with van der Waals surface area (Å²) in [5, 5.41) is 7.25. The highest BCUT2D eigenvalue weighted by Gasteiger charge is 2.23. The molecule has 0 N–H and O–H groups in total. The molecular formula is C52H30N4O2. The Labute approximate surface area is 331 Å². The van der Waals surface area contributed by atoms with E-state index in [4.69, 9.17) is 23.8 Å². The van der Waals surface area contributed by atoms with Crippen molar-refractivity contribution in [3.05, 3.63) is 182 Å². The van der Waals surface area contributed by atoms with Crippen LogP contribution < -0.4 is 0 Å². The number of hydrogen-bond donors (Lipinski definition) is 0. The van der Waals surface area contributed by atoms with Gasteiger partial charge >= 0.3 is 0 Å². The molecule has 0 aliphatic heterocycles. The van der Waals surface area contributed by atoms with Crippen LogP contribution in [0.2, 0.25) is 0 Å². The summed E-state index contributed by atoms with van der Waals surface area (Å²) in [4.78, 5) is 20.5. The van der Waals surface area contributed by atoms with E-state index >= 15 is 0 Å². The zero-order valence-corrected chi connectivity index (χ0v) is 30.9.